The normalized spacial score (nSPS) is 37.9. The molecule has 1 saturated carbocycles. The molecule has 108 valence electrons. The summed E-state index contributed by atoms with van der Waals surface area (Å²) in [7, 11) is 3.20. The van der Waals surface area contributed by atoms with Gasteiger partial charge in [-0.2, -0.15) is 0 Å². The summed E-state index contributed by atoms with van der Waals surface area (Å²) in [5.74, 6) is 0.339. The lowest BCUT2D eigenvalue weighted by atomic mass is 9.76. The van der Waals surface area contributed by atoms with Crippen LogP contribution in [0.25, 0.3) is 0 Å². The average molecular weight is 269 g/mol. The smallest absolute Gasteiger partial charge is 0.335 e. The highest BCUT2D eigenvalue weighted by Gasteiger charge is 2.67. The van der Waals surface area contributed by atoms with Crippen LogP contribution in [0.5, 0.6) is 0 Å². The van der Waals surface area contributed by atoms with Crippen molar-refractivity contribution in [2.75, 3.05) is 20.8 Å². The second-order valence-corrected chi connectivity index (χ2v) is 6.57. The molecule has 5 heteroatoms. The molecule has 0 bridgehead atoms. The molecule has 2 aliphatic rings. The molecule has 1 heterocycles. The zero-order valence-corrected chi connectivity index (χ0v) is 12.6. The van der Waals surface area contributed by atoms with Crippen LogP contribution < -0.4 is 0 Å². The molecular weight excluding hydrogens is 246 g/mol. The molecule has 3 atom stereocenters. The molecule has 0 amide bonds. The average Bonchev–Trinajstić information content (AvgIpc) is 2.98. The van der Waals surface area contributed by atoms with Gasteiger partial charge in [-0.05, 0) is 13.3 Å². The van der Waals surface area contributed by atoms with Crippen molar-refractivity contribution in [1.29, 1.82) is 0 Å². The van der Waals surface area contributed by atoms with Crippen molar-refractivity contribution in [2.24, 2.45) is 16.3 Å². The maximum Gasteiger partial charge on any atom is 0.335 e. The van der Waals surface area contributed by atoms with Crippen molar-refractivity contribution < 1.29 is 19.0 Å². The summed E-state index contributed by atoms with van der Waals surface area (Å²) in [4.78, 5) is 16.9. The Labute approximate surface area is 114 Å². The van der Waals surface area contributed by atoms with E-state index >= 15 is 0 Å². The van der Waals surface area contributed by atoms with Crippen LogP contribution in [0.4, 0.5) is 0 Å². The molecule has 0 N–H and O–H groups in total. The summed E-state index contributed by atoms with van der Waals surface area (Å²) >= 11 is 0. The van der Waals surface area contributed by atoms with Crippen molar-refractivity contribution in [3.63, 3.8) is 0 Å². The van der Waals surface area contributed by atoms with Crippen molar-refractivity contribution in [1.82, 2.24) is 0 Å². The summed E-state index contributed by atoms with van der Waals surface area (Å²) in [5, 5.41) is 0. The predicted octanol–water partition coefficient (Wildman–Crippen LogP) is 1.80. The fourth-order valence-electron chi connectivity index (χ4n) is 2.47. The third kappa shape index (κ3) is 1.95. The lowest BCUT2D eigenvalue weighted by Gasteiger charge is -2.44. The Morgan fingerprint density at radius 1 is 1.42 bits per heavy atom. The molecule has 0 saturated heterocycles. The minimum Gasteiger partial charge on any atom is -0.481 e. The Kier molecular flexibility index (Phi) is 3.16. The maximum atomic E-state index is 12.3. The largest absolute Gasteiger partial charge is 0.481 e. The molecule has 0 unspecified atom stereocenters. The summed E-state index contributed by atoms with van der Waals surface area (Å²) in [6.45, 7) is 8.39. The van der Waals surface area contributed by atoms with E-state index in [1.54, 1.807) is 14.2 Å². The number of carbonyl (C=O) groups excluding carboxylic acids is 1. The van der Waals surface area contributed by atoms with Crippen LogP contribution >= 0.6 is 0 Å². The first-order valence-electron chi connectivity index (χ1n) is 6.58. The Morgan fingerprint density at radius 2 is 2.05 bits per heavy atom. The summed E-state index contributed by atoms with van der Waals surface area (Å²) in [5.41, 5.74) is -1.89. The summed E-state index contributed by atoms with van der Waals surface area (Å²) in [6.07, 6.45) is 0.673. The number of nitrogens with zero attached hydrogens (tertiary/aromatic N) is 1. The fraction of sp³-hybridized carbons (Fsp3) is 0.857. The fourth-order valence-corrected chi connectivity index (χ4v) is 2.47. The highest BCUT2D eigenvalue weighted by Crippen LogP contribution is 2.53. The van der Waals surface area contributed by atoms with E-state index in [1.807, 2.05) is 27.7 Å². The number of rotatable bonds is 2. The van der Waals surface area contributed by atoms with Crippen LogP contribution in [0.1, 0.15) is 34.1 Å². The highest BCUT2D eigenvalue weighted by atomic mass is 16.6. The van der Waals surface area contributed by atoms with Crippen LogP contribution in [0.2, 0.25) is 0 Å². The molecule has 0 aromatic carbocycles. The first-order chi connectivity index (χ1) is 8.71. The van der Waals surface area contributed by atoms with E-state index in [2.05, 4.69) is 4.99 Å². The standard InChI is InChI=1S/C14H23NO4/c1-12(2,3)13(4)10(18-6)15-14(11(16)19-13)7-9(14)8-17-5/h9H,7-8H2,1-6H3/t9-,13-,14-/m0/s1. The van der Waals surface area contributed by atoms with Crippen LogP contribution in [-0.2, 0) is 19.0 Å². The van der Waals surface area contributed by atoms with E-state index in [-0.39, 0.29) is 17.3 Å². The van der Waals surface area contributed by atoms with Gasteiger partial charge in [-0.25, -0.2) is 9.79 Å². The molecule has 1 aliphatic heterocycles. The van der Waals surface area contributed by atoms with E-state index in [9.17, 15) is 4.79 Å². The Morgan fingerprint density at radius 3 is 2.53 bits per heavy atom. The van der Waals surface area contributed by atoms with Crippen molar-refractivity contribution in [3.05, 3.63) is 0 Å². The van der Waals surface area contributed by atoms with E-state index < -0.39 is 11.1 Å². The van der Waals surface area contributed by atoms with Gasteiger partial charge in [0, 0.05) is 18.4 Å². The van der Waals surface area contributed by atoms with Crippen LogP contribution in [0.15, 0.2) is 4.99 Å². The lowest BCUT2D eigenvalue weighted by Crippen LogP contribution is -2.57. The summed E-state index contributed by atoms with van der Waals surface area (Å²) < 4.78 is 16.3. The molecule has 0 radical (unpaired) electrons. The molecular formula is C14H23NO4. The van der Waals surface area contributed by atoms with Crippen molar-refractivity contribution in [2.45, 2.75) is 45.3 Å². The third-order valence-electron chi connectivity index (χ3n) is 4.42. The van der Waals surface area contributed by atoms with Crippen LogP contribution in [0, 0.1) is 11.3 Å². The zero-order valence-electron chi connectivity index (χ0n) is 12.6. The SMILES string of the molecule is COC[C@@H]1C[C@]12N=C(OC)[C@@](C)(C(C)(C)C)OC2=O. The monoisotopic (exact) mass is 269 g/mol. The van der Waals surface area contributed by atoms with Gasteiger partial charge in [0.05, 0.1) is 13.7 Å². The van der Waals surface area contributed by atoms with E-state index in [1.165, 1.54) is 0 Å². The van der Waals surface area contributed by atoms with Gasteiger partial charge in [-0.3, -0.25) is 0 Å². The van der Waals surface area contributed by atoms with Crippen LogP contribution in [0.3, 0.4) is 0 Å². The molecule has 1 spiro atoms. The number of carbonyl (C=O) groups is 1. The number of hydrogen-bond acceptors (Lipinski definition) is 5. The molecule has 1 fully saturated rings. The second-order valence-electron chi connectivity index (χ2n) is 6.57. The quantitative estimate of drug-likeness (QED) is 0.717. The Balaban J connectivity index is 2.37. The first kappa shape index (κ1) is 14.3. The highest BCUT2D eigenvalue weighted by molar-refractivity contribution is 5.98. The summed E-state index contributed by atoms with van der Waals surface area (Å²) in [6, 6.07) is 0. The van der Waals surface area contributed by atoms with E-state index in [4.69, 9.17) is 14.2 Å². The minimum absolute atomic E-state index is 0.0969. The first-order valence-corrected chi connectivity index (χ1v) is 6.58. The van der Waals surface area contributed by atoms with Gasteiger partial charge in [0.1, 0.15) is 0 Å². The van der Waals surface area contributed by atoms with Gasteiger partial charge >= 0.3 is 5.97 Å². The number of methoxy groups -OCH3 is 2. The zero-order chi connectivity index (χ0) is 14.5. The van der Waals surface area contributed by atoms with Gasteiger partial charge < -0.3 is 14.2 Å². The molecule has 19 heavy (non-hydrogen) atoms. The lowest BCUT2D eigenvalue weighted by molar-refractivity contribution is -0.168. The van der Waals surface area contributed by atoms with Crippen molar-refractivity contribution in [3.8, 4) is 0 Å². The molecule has 5 nitrogen and oxygen atoms in total. The molecule has 2 rings (SSSR count). The topological polar surface area (TPSA) is 57.1 Å². The van der Waals surface area contributed by atoms with Gasteiger partial charge in [-0.1, -0.05) is 20.8 Å². The number of aliphatic imine (C=N–C) groups is 1. The molecule has 0 aromatic heterocycles. The minimum atomic E-state index is -0.829. The number of ether oxygens (including phenoxy) is 3. The number of cyclic esters (lactones) is 1. The van der Waals surface area contributed by atoms with Crippen molar-refractivity contribution >= 4 is 11.9 Å². The Hall–Kier alpha value is -1.10. The van der Waals surface area contributed by atoms with Gasteiger partial charge in [0.15, 0.2) is 11.1 Å². The molecule has 0 aromatic rings. The predicted molar refractivity (Wildman–Crippen MR) is 71.1 cm³/mol. The Bertz CT molecular complexity index is 426. The number of esters is 1. The van der Waals surface area contributed by atoms with Gasteiger partial charge in [0.25, 0.3) is 0 Å². The molecule has 1 aliphatic carbocycles. The maximum absolute atomic E-state index is 12.3. The van der Waals surface area contributed by atoms with Crippen LogP contribution in [-0.4, -0.2) is 43.8 Å². The second kappa shape index (κ2) is 4.20. The van der Waals surface area contributed by atoms with E-state index in [0.29, 0.717) is 18.9 Å². The number of hydrogen-bond donors (Lipinski definition) is 0. The van der Waals surface area contributed by atoms with Gasteiger partial charge in [-0.15, -0.1) is 0 Å². The van der Waals surface area contributed by atoms with Gasteiger partial charge in [0.2, 0.25) is 5.90 Å². The van der Waals surface area contributed by atoms with E-state index in [0.717, 1.165) is 0 Å². The third-order valence-corrected chi connectivity index (χ3v) is 4.42.